The van der Waals surface area contributed by atoms with Gasteiger partial charge >= 0.3 is 0 Å². The molecule has 0 spiro atoms. The Hall–Kier alpha value is -2.21. The van der Waals surface area contributed by atoms with E-state index in [2.05, 4.69) is 9.97 Å². The summed E-state index contributed by atoms with van der Waals surface area (Å²) in [6.45, 7) is 3.37. The van der Waals surface area contributed by atoms with Crippen LogP contribution in [0.3, 0.4) is 0 Å². The average Bonchev–Trinajstić information content (AvgIpc) is 2.54. The molecule has 6 heteroatoms. The summed E-state index contributed by atoms with van der Waals surface area (Å²) in [7, 11) is 0. The van der Waals surface area contributed by atoms with Gasteiger partial charge in [-0.25, -0.2) is 14.4 Å². The van der Waals surface area contributed by atoms with Gasteiger partial charge in [0.1, 0.15) is 35.9 Å². The number of benzene rings is 1. The highest BCUT2D eigenvalue weighted by Crippen LogP contribution is 2.26. The molecule has 0 bridgehead atoms. The first-order chi connectivity index (χ1) is 11.0. The van der Waals surface area contributed by atoms with Crippen molar-refractivity contribution in [3.63, 3.8) is 0 Å². The fraction of sp³-hybridized carbons (Fsp3) is 0.412. The SMILES string of the molecule is Cc1cc(N2CCC[C@@](O)(COc3ccc(F)cc3)C2)ncn1. The van der Waals surface area contributed by atoms with E-state index in [9.17, 15) is 9.50 Å². The van der Waals surface area contributed by atoms with Crippen LogP contribution in [0.25, 0.3) is 0 Å². The summed E-state index contributed by atoms with van der Waals surface area (Å²) in [6, 6.07) is 7.72. The van der Waals surface area contributed by atoms with E-state index in [-0.39, 0.29) is 12.4 Å². The maximum absolute atomic E-state index is 12.9. The predicted octanol–water partition coefficient (Wildman–Crippen LogP) is 2.33. The van der Waals surface area contributed by atoms with Crippen LogP contribution in [0.5, 0.6) is 5.75 Å². The maximum atomic E-state index is 12.9. The molecule has 122 valence electrons. The summed E-state index contributed by atoms with van der Waals surface area (Å²) in [5.41, 5.74) is -0.0578. The molecule has 1 saturated heterocycles. The van der Waals surface area contributed by atoms with Gasteiger partial charge in [0.15, 0.2) is 0 Å². The summed E-state index contributed by atoms with van der Waals surface area (Å²) in [6.07, 6.45) is 3.05. The van der Waals surface area contributed by atoms with Crippen molar-refractivity contribution in [1.82, 2.24) is 9.97 Å². The molecule has 5 nitrogen and oxygen atoms in total. The van der Waals surface area contributed by atoms with Crippen molar-refractivity contribution in [2.24, 2.45) is 0 Å². The van der Waals surface area contributed by atoms with E-state index in [0.29, 0.717) is 18.7 Å². The molecule has 1 aliphatic heterocycles. The summed E-state index contributed by atoms with van der Waals surface area (Å²) in [5, 5.41) is 10.8. The third kappa shape index (κ3) is 3.96. The van der Waals surface area contributed by atoms with Gasteiger partial charge in [0.25, 0.3) is 0 Å². The fourth-order valence-electron chi connectivity index (χ4n) is 2.79. The molecule has 2 aromatic rings. The average molecular weight is 317 g/mol. The van der Waals surface area contributed by atoms with Crippen LogP contribution >= 0.6 is 0 Å². The number of halogens is 1. The van der Waals surface area contributed by atoms with E-state index in [1.54, 1.807) is 12.1 Å². The molecule has 1 aromatic carbocycles. The fourth-order valence-corrected chi connectivity index (χ4v) is 2.79. The minimum Gasteiger partial charge on any atom is -0.491 e. The third-order valence-electron chi connectivity index (χ3n) is 3.99. The Kier molecular flexibility index (Phi) is 4.43. The Labute approximate surface area is 134 Å². The van der Waals surface area contributed by atoms with E-state index in [4.69, 9.17) is 4.74 Å². The van der Waals surface area contributed by atoms with Crippen LogP contribution in [0.1, 0.15) is 18.5 Å². The van der Waals surface area contributed by atoms with Crippen molar-refractivity contribution >= 4 is 5.82 Å². The zero-order valence-electron chi connectivity index (χ0n) is 13.1. The molecule has 0 radical (unpaired) electrons. The molecule has 0 aliphatic carbocycles. The first-order valence-electron chi connectivity index (χ1n) is 7.68. The molecule has 0 unspecified atom stereocenters. The van der Waals surface area contributed by atoms with Crippen LogP contribution in [0.4, 0.5) is 10.2 Å². The van der Waals surface area contributed by atoms with Crippen molar-refractivity contribution in [1.29, 1.82) is 0 Å². The van der Waals surface area contributed by atoms with Gasteiger partial charge < -0.3 is 14.7 Å². The number of aryl methyl sites for hydroxylation is 1. The quantitative estimate of drug-likeness (QED) is 0.938. The number of piperidine rings is 1. The minimum atomic E-state index is -0.953. The molecule has 1 atom stereocenters. The smallest absolute Gasteiger partial charge is 0.132 e. The molecular weight excluding hydrogens is 297 g/mol. The highest BCUT2D eigenvalue weighted by molar-refractivity contribution is 5.40. The number of anilines is 1. The highest BCUT2D eigenvalue weighted by Gasteiger charge is 2.34. The van der Waals surface area contributed by atoms with Crippen molar-refractivity contribution < 1.29 is 14.2 Å². The Morgan fingerprint density at radius 3 is 2.83 bits per heavy atom. The summed E-state index contributed by atoms with van der Waals surface area (Å²) >= 11 is 0. The second-order valence-corrected chi connectivity index (χ2v) is 6.01. The van der Waals surface area contributed by atoms with Crippen LogP contribution < -0.4 is 9.64 Å². The highest BCUT2D eigenvalue weighted by atomic mass is 19.1. The van der Waals surface area contributed by atoms with Gasteiger partial charge in [-0.2, -0.15) is 0 Å². The van der Waals surface area contributed by atoms with Gasteiger partial charge in [0.05, 0.1) is 6.54 Å². The Morgan fingerprint density at radius 2 is 2.09 bits per heavy atom. The molecule has 2 heterocycles. The lowest BCUT2D eigenvalue weighted by Crippen LogP contribution is -2.52. The molecule has 0 amide bonds. The molecule has 3 rings (SSSR count). The second-order valence-electron chi connectivity index (χ2n) is 6.01. The number of hydrogen-bond acceptors (Lipinski definition) is 5. The standard InChI is InChI=1S/C17H20FN3O2/c1-13-9-16(20-12-19-13)21-8-2-7-17(22,10-21)11-23-15-5-3-14(18)4-6-15/h3-6,9,12,22H,2,7-8,10-11H2,1H3/t17-/m0/s1. The van der Waals surface area contributed by atoms with E-state index in [1.165, 1.54) is 18.5 Å². The Morgan fingerprint density at radius 1 is 1.30 bits per heavy atom. The van der Waals surface area contributed by atoms with Gasteiger partial charge in [0.2, 0.25) is 0 Å². The summed E-state index contributed by atoms with van der Waals surface area (Å²) in [4.78, 5) is 10.4. The largest absolute Gasteiger partial charge is 0.491 e. The van der Waals surface area contributed by atoms with Crippen LogP contribution in [0, 0.1) is 12.7 Å². The lowest BCUT2D eigenvalue weighted by atomic mass is 9.93. The number of aliphatic hydroxyl groups is 1. The van der Waals surface area contributed by atoms with Crippen LogP contribution in [-0.4, -0.2) is 40.4 Å². The number of ether oxygens (including phenoxy) is 1. The molecule has 1 aliphatic rings. The van der Waals surface area contributed by atoms with Crippen LogP contribution in [-0.2, 0) is 0 Å². The molecule has 0 saturated carbocycles. The van der Waals surface area contributed by atoms with Gasteiger partial charge in [-0.3, -0.25) is 0 Å². The van der Waals surface area contributed by atoms with E-state index >= 15 is 0 Å². The lowest BCUT2D eigenvalue weighted by molar-refractivity contribution is -0.0156. The number of rotatable bonds is 4. The van der Waals surface area contributed by atoms with Crippen LogP contribution in [0.2, 0.25) is 0 Å². The van der Waals surface area contributed by atoms with Gasteiger partial charge in [-0.05, 0) is 44.0 Å². The Balaban J connectivity index is 1.65. The van der Waals surface area contributed by atoms with Gasteiger partial charge in [-0.15, -0.1) is 0 Å². The normalized spacial score (nSPS) is 21.3. The van der Waals surface area contributed by atoms with Crippen molar-refractivity contribution in [3.8, 4) is 5.75 Å². The number of aromatic nitrogens is 2. The van der Waals surface area contributed by atoms with E-state index < -0.39 is 5.60 Å². The predicted molar refractivity (Wildman–Crippen MR) is 85.1 cm³/mol. The number of hydrogen-bond donors (Lipinski definition) is 1. The molecule has 23 heavy (non-hydrogen) atoms. The van der Waals surface area contributed by atoms with Crippen LogP contribution in [0.15, 0.2) is 36.7 Å². The summed E-state index contributed by atoms with van der Waals surface area (Å²) in [5.74, 6) is 1.06. The molecular formula is C17H20FN3O2. The van der Waals surface area contributed by atoms with E-state index in [0.717, 1.165) is 24.5 Å². The second kappa shape index (κ2) is 6.50. The van der Waals surface area contributed by atoms with Crippen molar-refractivity contribution in [2.45, 2.75) is 25.4 Å². The number of β-amino-alcohol motifs (C(OH)–C–C–N with tert-alkyl or cyclic N) is 1. The molecule has 1 fully saturated rings. The molecule has 1 aromatic heterocycles. The third-order valence-corrected chi connectivity index (χ3v) is 3.99. The first kappa shape index (κ1) is 15.7. The topological polar surface area (TPSA) is 58.5 Å². The molecule has 1 N–H and O–H groups in total. The maximum Gasteiger partial charge on any atom is 0.132 e. The lowest BCUT2D eigenvalue weighted by Gasteiger charge is -2.39. The van der Waals surface area contributed by atoms with E-state index in [1.807, 2.05) is 17.9 Å². The first-order valence-corrected chi connectivity index (χ1v) is 7.68. The van der Waals surface area contributed by atoms with Crippen molar-refractivity contribution in [3.05, 3.63) is 48.2 Å². The number of nitrogens with zero attached hydrogens (tertiary/aromatic N) is 3. The van der Waals surface area contributed by atoms with Gasteiger partial charge in [0, 0.05) is 18.3 Å². The van der Waals surface area contributed by atoms with Gasteiger partial charge in [-0.1, -0.05) is 0 Å². The Bertz CT molecular complexity index is 665. The minimum absolute atomic E-state index is 0.166. The monoisotopic (exact) mass is 317 g/mol. The zero-order valence-corrected chi connectivity index (χ0v) is 13.1. The zero-order chi connectivity index (χ0) is 16.3. The van der Waals surface area contributed by atoms with Crippen molar-refractivity contribution in [2.75, 3.05) is 24.6 Å². The summed E-state index contributed by atoms with van der Waals surface area (Å²) < 4.78 is 18.5.